The first kappa shape index (κ1) is 16.7. The summed E-state index contributed by atoms with van der Waals surface area (Å²) in [5, 5.41) is 0. The summed E-state index contributed by atoms with van der Waals surface area (Å²) in [6, 6.07) is 15.4. The van der Waals surface area contributed by atoms with Crippen molar-refractivity contribution in [3.05, 3.63) is 77.7 Å². The van der Waals surface area contributed by atoms with E-state index in [4.69, 9.17) is 0 Å². The molecule has 26 heavy (non-hydrogen) atoms. The zero-order valence-corrected chi connectivity index (χ0v) is 15.8. The lowest BCUT2D eigenvalue weighted by molar-refractivity contribution is 0.601. The molecule has 0 aliphatic carbocycles. The molecule has 0 aliphatic rings. The Bertz CT molecular complexity index is 1140. The minimum atomic E-state index is -3.63. The highest BCUT2D eigenvalue weighted by Gasteiger charge is 2.14. The van der Waals surface area contributed by atoms with E-state index in [1.807, 2.05) is 35.0 Å². The molecule has 0 aliphatic heterocycles. The zero-order chi connectivity index (χ0) is 18.1. The molecule has 2 heterocycles. The Morgan fingerprint density at radius 1 is 1.00 bits per heavy atom. The van der Waals surface area contributed by atoms with Gasteiger partial charge in [-0.3, -0.25) is 9.12 Å². The van der Waals surface area contributed by atoms with Gasteiger partial charge in [-0.1, -0.05) is 28.1 Å². The van der Waals surface area contributed by atoms with Crippen molar-refractivity contribution < 1.29 is 8.42 Å². The molecule has 0 saturated heterocycles. The van der Waals surface area contributed by atoms with Crippen LogP contribution in [0.2, 0.25) is 0 Å². The van der Waals surface area contributed by atoms with E-state index in [0.29, 0.717) is 11.5 Å². The Morgan fingerprint density at radius 2 is 1.73 bits per heavy atom. The maximum absolute atomic E-state index is 12.4. The van der Waals surface area contributed by atoms with Crippen LogP contribution in [0.15, 0.2) is 82.6 Å². The molecule has 1 N–H and O–H groups in total. The highest BCUT2D eigenvalue weighted by Crippen LogP contribution is 2.23. The lowest BCUT2D eigenvalue weighted by atomic mass is 10.1. The van der Waals surface area contributed by atoms with E-state index < -0.39 is 10.0 Å². The molecule has 6 nitrogen and oxygen atoms in total. The van der Waals surface area contributed by atoms with Gasteiger partial charge in [-0.05, 0) is 42.5 Å². The van der Waals surface area contributed by atoms with Crippen LogP contribution in [-0.4, -0.2) is 22.8 Å². The lowest BCUT2D eigenvalue weighted by Gasteiger charge is -2.08. The predicted octanol–water partition coefficient (Wildman–Crippen LogP) is 3.96. The summed E-state index contributed by atoms with van der Waals surface area (Å²) < 4.78 is 30.1. The standard InChI is InChI=1S/C18H13BrN4O2S/c19-14-4-8-16(9-5-14)26(24,25)22-15-6-2-13(3-7-15)17-12-23-11-1-10-20-18(23)21-17/h1-12,22H. The predicted molar refractivity (Wildman–Crippen MR) is 103 cm³/mol. The lowest BCUT2D eigenvalue weighted by Crippen LogP contribution is -2.12. The van der Waals surface area contributed by atoms with Crippen LogP contribution in [0.5, 0.6) is 0 Å². The topological polar surface area (TPSA) is 76.4 Å². The molecule has 0 radical (unpaired) electrons. The first-order valence-corrected chi connectivity index (χ1v) is 9.97. The maximum atomic E-state index is 12.4. The van der Waals surface area contributed by atoms with Crippen LogP contribution in [0.4, 0.5) is 5.69 Å². The average Bonchev–Trinajstić information content (AvgIpc) is 3.06. The second-order valence-corrected chi connectivity index (χ2v) is 8.19. The summed E-state index contributed by atoms with van der Waals surface area (Å²) in [5.74, 6) is 0.613. The third kappa shape index (κ3) is 3.33. The number of imidazole rings is 1. The van der Waals surface area contributed by atoms with Crippen molar-refractivity contribution in [2.24, 2.45) is 0 Å². The smallest absolute Gasteiger partial charge is 0.261 e. The third-order valence-corrected chi connectivity index (χ3v) is 5.72. The third-order valence-electron chi connectivity index (χ3n) is 3.79. The number of sulfonamides is 1. The van der Waals surface area contributed by atoms with Gasteiger partial charge < -0.3 is 0 Å². The quantitative estimate of drug-likeness (QED) is 0.533. The number of hydrogen-bond acceptors (Lipinski definition) is 4. The van der Waals surface area contributed by atoms with Gasteiger partial charge in [0.05, 0.1) is 10.6 Å². The van der Waals surface area contributed by atoms with Gasteiger partial charge in [-0.25, -0.2) is 18.4 Å². The van der Waals surface area contributed by atoms with Gasteiger partial charge in [-0.2, -0.15) is 0 Å². The molecular formula is C18H13BrN4O2S. The number of benzene rings is 2. The second-order valence-electron chi connectivity index (χ2n) is 5.59. The molecule has 4 aromatic rings. The van der Waals surface area contributed by atoms with Crippen LogP contribution in [0.1, 0.15) is 0 Å². The molecule has 2 aromatic carbocycles. The molecule has 0 unspecified atom stereocenters. The summed E-state index contributed by atoms with van der Waals surface area (Å²) in [6.07, 6.45) is 5.44. The number of hydrogen-bond donors (Lipinski definition) is 1. The van der Waals surface area contributed by atoms with E-state index >= 15 is 0 Å². The molecule has 130 valence electrons. The maximum Gasteiger partial charge on any atom is 0.261 e. The van der Waals surface area contributed by atoms with E-state index in [1.165, 1.54) is 0 Å². The largest absolute Gasteiger partial charge is 0.291 e. The van der Waals surface area contributed by atoms with E-state index in [-0.39, 0.29) is 4.90 Å². The number of nitrogens with zero attached hydrogens (tertiary/aromatic N) is 3. The monoisotopic (exact) mass is 428 g/mol. The number of nitrogens with one attached hydrogen (secondary N) is 1. The minimum absolute atomic E-state index is 0.205. The summed E-state index contributed by atoms with van der Waals surface area (Å²) >= 11 is 3.29. The zero-order valence-electron chi connectivity index (χ0n) is 13.4. The first-order valence-electron chi connectivity index (χ1n) is 7.70. The minimum Gasteiger partial charge on any atom is -0.291 e. The number of rotatable bonds is 4. The van der Waals surface area contributed by atoms with E-state index in [9.17, 15) is 8.42 Å². The van der Waals surface area contributed by atoms with Crippen molar-refractivity contribution in [1.29, 1.82) is 0 Å². The van der Waals surface area contributed by atoms with Gasteiger partial charge in [0.2, 0.25) is 5.78 Å². The van der Waals surface area contributed by atoms with Crippen molar-refractivity contribution in [3.63, 3.8) is 0 Å². The van der Waals surface area contributed by atoms with Gasteiger partial charge in [0.25, 0.3) is 10.0 Å². The average molecular weight is 429 g/mol. The molecule has 0 bridgehead atoms. The fourth-order valence-corrected chi connectivity index (χ4v) is 3.83. The Morgan fingerprint density at radius 3 is 2.42 bits per heavy atom. The van der Waals surface area contributed by atoms with Crippen LogP contribution in [-0.2, 0) is 10.0 Å². The molecular weight excluding hydrogens is 416 g/mol. The molecule has 0 fully saturated rings. The number of anilines is 1. The summed E-state index contributed by atoms with van der Waals surface area (Å²) in [4.78, 5) is 8.85. The van der Waals surface area contributed by atoms with Gasteiger partial charge in [-0.15, -0.1) is 0 Å². The summed E-state index contributed by atoms with van der Waals surface area (Å²) in [7, 11) is -3.63. The van der Waals surface area contributed by atoms with E-state index in [0.717, 1.165) is 15.7 Å². The van der Waals surface area contributed by atoms with Gasteiger partial charge >= 0.3 is 0 Å². The highest BCUT2D eigenvalue weighted by atomic mass is 79.9. The van der Waals surface area contributed by atoms with Crippen molar-refractivity contribution in [2.45, 2.75) is 4.90 Å². The molecule has 0 amide bonds. The number of aromatic nitrogens is 3. The normalized spacial score (nSPS) is 11.6. The number of fused-ring (bicyclic) bond motifs is 1. The van der Waals surface area contributed by atoms with Crippen molar-refractivity contribution in [2.75, 3.05) is 4.72 Å². The Hall–Kier alpha value is -2.71. The number of halogens is 1. The van der Waals surface area contributed by atoms with Crippen LogP contribution in [0.25, 0.3) is 17.0 Å². The van der Waals surface area contributed by atoms with Crippen molar-refractivity contribution in [3.8, 4) is 11.3 Å². The SMILES string of the molecule is O=S(=O)(Nc1ccc(-c2cn3cccnc3n2)cc1)c1ccc(Br)cc1. The van der Waals surface area contributed by atoms with Crippen LogP contribution >= 0.6 is 15.9 Å². The molecule has 2 aromatic heterocycles. The second kappa shape index (κ2) is 6.54. The highest BCUT2D eigenvalue weighted by molar-refractivity contribution is 9.10. The summed E-state index contributed by atoms with van der Waals surface area (Å²) in [6.45, 7) is 0. The van der Waals surface area contributed by atoms with Gasteiger partial charge in [0, 0.05) is 34.3 Å². The van der Waals surface area contributed by atoms with Crippen LogP contribution in [0, 0.1) is 0 Å². The van der Waals surface area contributed by atoms with Crippen molar-refractivity contribution >= 4 is 37.4 Å². The molecule has 0 atom stereocenters. The Kier molecular flexibility index (Phi) is 4.21. The fraction of sp³-hybridized carbons (Fsp3) is 0. The van der Waals surface area contributed by atoms with Gasteiger partial charge in [0.1, 0.15) is 0 Å². The molecule has 0 spiro atoms. The van der Waals surface area contributed by atoms with Crippen LogP contribution < -0.4 is 4.72 Å². The van der Waals surface area contributed by atoms with Crippen molar-refractivity contribution in [1.82, 2.24) is 14.4 Å². The Labute approximate surface area is 158 Å². The van der Waals surface area contributed by atoms with Crippen LogP contribution in [0.3, 0.4) is 0 Å². The summed E-state index contributed by atoms with van der Waals surface area (Å²) in [5.41, 5.74) is 2.13. The Balaban J connectivity index is 1.58. The molecule has 0 saturated carbocycles. The van der Waals surface area contributed by atoms with E-state index in [2.05, 4.69) is 30.6 Å². The molecule has 8 heteroatoms. The molecule has 4 rings (SSSR count). The fourth-order valence-electron chi connectivity index (χ4n) is 2.51. The first-order chi connectivity index (χ1) is 12.5. The van der Waals surface area contributed by atoms with E-state index in [1.54, 1.807) is 42.6 Å². The van der Waals surface area contributed by atoms with Gasteiger partial charge in [0.15, 0.2) is 0 Å².